The number of aliphatic hydroxyl groups is 1. The number of hydrogen-bond donors (Lipinski definition) is 2. The first kappa shape index (κ1) is 9.70. The minimum atomic E-state index is -1.16. The van der Waals surface area contributed by atoms with Gasteiger partial charge in [-0.2, -0.15) is 0 Å². The molecule has 4 heteroatoms. The van der Waals surface area contributed by atoms with Crippen LogP contribution in [0.5, 0.6) is 0 Å². The minimum absolute atomic E-state index is 0.292. The third kappa shape index (κ3) is 2.05. The smallest absolute Gasteiger partial charge is 0.338 e. The van der Waals surface area contributed by atoms with Crippen LogP contribution in [0.1, 0.15) is 22.1 Å². The zero-order valence-corrected chi connectivity index (χ0v) is 7.23. The lowest BCUT2D eigenvalue weighted by Crippen LogP contribution is -2.14. The van der Waals surface area contributed by atoms with Gasteiger partial charge < -0.3 is 15.6 Å². The average molecular weight is 181 g/mol. The molecule has 0 saturated heterocycles. The number of nitrogens with two attached hydrogens (primary N) is 1. The van der Waals surface area contributed by atoms with Crippen LogP contribution >= 0.6 is 0 Å². The van der Waals surface area contributed by atoms with Gasteiger partial charge in [-0.1, -0.05) is 18.2 Å². The molecule has 0 heterocycles. The predicted octanol–water partition coefficient (Wildman–Crippen LogP) is 0.423. The van der Waals surface area contributed by atoms with E-state index in [0.717, 1.165) is 0 Å². The van der Waals surface area contributed by atoms with Crippen LogP contribution in [0.25, 0.3) is 0 Å². The molecule has 0 aliphatic carbocycles. The van der Waals surface area contributed by atoms with E-state index in [-0.39, 0.29) is 0 Å². The molecule has 0 spiro atoms. The standard InChI is InChI=1S/C9H11NO3/c1-13-9(12)7-5-3-2-4-6(7)8(10)11/h2-5,8,11H,10H2,1H3. The quantitative estimate of drug-likeness (QED) is 0.512. The van der Waals surface area contributed by atoms with Crippen molar-refractivity contribution in [2.24, 2.45) is 5.73 Å². The van der Waals surface area contributed by atoms with Gasteiger partial charge in [-0.3, -0.25) is 0 Å². The third-order valence-electron chi connectivity index (χ3n) is 1.68. The van der Waals surface area contributed by atoms with E-state index < -0.39 is 12.2 Å². The van der Waals surface area contributed by atoms with E-state index in [0.29, 0.717) is 11.1 Å². The van der Waals surface area contributed by atoms with Crippen molar-refractivity contribution in [2.75, 3.05) is 7.11 Å². The molecule has 1 aromatic carbocycles. The van der Waals surface area contributed by atoms with Gasteiger partial charge in [-0.05, 0) is 6.07 Å². The second-order valence-electron chi connectivity index (χ2n) is 2.52. The minimum Gasteiger partial charge on any atom is -0.465 e. The predicted molar refractivity (Wildman–Crippen MR) is 46.9 cm³/mol. The van der Waals surface area contributed by atoms with Crippen LogP contribution in [0.2, 0.25) is 0 Å². The summed E-state index contributed by atoms with van der Waals surface area (Å²) in [5.74, 6) is -0.500. The fraction of sp³-hybridized carbons (Fsp3) is 0.222. The lowest BCUT2D eigenvalue weighted by molar-refractivity contribution is 0.0593. The number of benzene rings is 1. The molecule has 0 saturated carbocycles. The largest absolute Gasteiger partial charge is 0.465 e. The first-order valence-electron chi connectivity index (χ1n) is 3.77. The fourth-order valence-electron chi connectivity index (χ4n) is 1.05. The van der Waals surface area contributed by atoms with Crippen LogP contribution in [0.3, 0.4) is 0 Å². The number of ether oxygens (including phenoxy) is 1. The van der Waals surface area contributed by atoms with E-state index in [1.54, 1.807) is 24.3 Å². The molecule has 3 N–H and O–H groups in total. The maximum Gasteiger partial charge on any atom is 0.338 e. The van der Waals surface area contributed by atoms with Crippen LogP contribution in [0, 0.1) is 0 Å². The highest BCUT2D eigenvalue weighted by Crippen LogP contribution is 2.14. The molecule has 1 atom stereocenters. The zero-order chi connectivity index (χ0) is 9.84. The Balaban J connectivity index is 3.12. The van der Waals surface area contributed by atoms with Crippen LogP contribution in [-0.2, 0) is 4.74 Å². The zero-order valence-electron chi connectivity index (χ0n) is 7.23. The van der Waals surface area contributed by atoms with Crippen molar-refractivity contribution in [1.82, 2.24) is 0 Å². The van der Waals surface area contributed by atoms with E-state index in [4.69, 9.17) is 10.8 Å². The van der Waals surface area contributed by atoms with Crippen molar-refractivity contribution in [2.45, 2.75) is 6.23 Å². The Morgan fingerprint density at radius 2 is 2.15 bits per heavy atom. The molecule has 0 aliphatic rings. The van der Waals surface area contributed by atoms with Crippen molar-refractivity contribution in [3.8, 4) is 0 Å². The summed E-state index contributed by atoms with van der Waals surface area (Å²) in [5.41, 5.74) is 5.92. The number of methoxy groups -OCH3 is 1. The average Bonchev–Trinajstić information content (AvgIpc) is 2.16. The number of aliphatic hydroxyl groups excluding tert-OH is 1. The van der Waals surface area contributed by atoms with Crippen LogP contribution in [0.4, 0.5) is 0 Å². The molecule has 0 bridgehead atoms. The van der Waals surface area contributed by atoms with Gasteiger partial charge >= 0.3 is 5.97 Å². The van der Waals surface area contributed by atoms with E-state index in [1.165, 1.54) is 7.11 Å². The maximum absolute atomic E-state index is 11.1. The molecule has 4 nitrogen and oxygen atoms in total. The van der Waals surface area contributed by atoms with Crippen LogP contribution in [-0.4, -0.2) is 18.2 Å². The SMILES string of the molecule is COC(=O)c1ccccc1C(N)O. The van der Waals surface area contributed by atoms with E-state index in [9.17, 15) is 4.79 Å². The van der Waals surface area contributed by atoms with Gasteiger partial charge in [-0.15, -0.1) is 0 Å². The summed E-state index contributed by atoms with van der Waals surface area (Å²) in [5, 5.41) is 9.12. The van der Waals surface area contributed by atoms with Crippen molar-refractivity contribution >= 4 is 5.97 Å². The number of carbonyl (C=O) groups is 1. The molecule has 0 aromatic heterocycles. The number of carbonyl (C=O) groups excluding carboxylic acids is 1. The summed E-state index contributed by atoms with van der Waals surface area (Å²) >= 11 is 0. The summed E-state index contributed by atoms with van der Waals surface area (Å²) in [6, 6.07) is 6.50. The normalized spacial score (nSPS) is 12.2. The highest BCUT2D eigenvalue weighted by Gasteiger charge is 2.13. The maximum atomic E-state index is 11.1. The van der Waals surface area contributed by atoms with E-state index in [1.807, 2.05) is 0 Å². The Labute approximate surface area is 75.9 Å². The molecule has 1 aromatic rings. The molecular weight excluding hydrogens is 170 g/mol. The fourth-order valence-corrected chi connectivity index (χ4v) is 1.05. The molecule has 0 fully saturated rings. The van der Waals surface area contributed by atoms with Gasteiger partial charge in [-0.25, -0.2) is 4.79 Å². The van der Waals surface area contributed by atoms with Gasteiger partial charge in [0.25, 0.3) is 0 Å². The Kier molecular flexibility index (Phi) is 3.00. The van der Waals surface area contributed by atoms with Gasteiger partial charge in [0.1, 0.15) is 6.23 Å². The van der Waals surface area contributed by atoms with Crippen molar-refractivity contribution in [3.05, 3.63) is 35.4 Å². The second-order valence-corrected chi connectivity index (χ2v) is 2.52. The highest BCUT2D eigenvalue weighted by molar-refractivity contribution is 5.91. The summed E-state index contributed by atoms with van der Waals surface area (Å²) < 4.78 is 4.52. The van der Waals surface area contributed by atoms with Gasteiger partial charge in [0.05, 0.1) is 12.7 Å². The topological polar surface area (TPSA) is 72.5 Å². The first-order chi connectivity index (χ1) is 6.16. The van der Waals surface area contributed by atoms with Gasteiger partial charge in [0.2, 0.25) is 0 Å². The molecule has 0 amide bonds. The Morgan fingerprint density at radius 1 is 1.54 bits per heavy atom. The van der Waals surface area contributed by atoms with Crippen molar-refractivity contribution in [1.29, 1.82) is 0 Å². The molecule has 1 rings (SSSR count). The Hall–Kier alpha value is -1.39. The monoisotopic (exact) mass is 181 g/mol. The van der Waals surface area contributed by atoms with Crippen LogP contribution < -0.4 is 5.73 Å². The van der Waals surface area contributed by atoms with Crippen molar-refractivity contribution < 1.29 is 14.6 Å². The number of hydrogen-bond acceptors (Lipinski definition) is 4. The Bertz CT molecular complexity index is 309. The molecular formula is C9H11NO3. The molecule has 0 radical (unpaired) electrons. The highest BCUT2D eigenvalue weighted by atomic mass is 16.5. The summed E-state index contributed by atoms with van der Waals surface area (Å²) in [7, 11) is 1.28. The number of rotatable bonds is 2. The second kappa shape index (κ2) is 4.02. The third-order valence-corrected chi connectivity index (χ3v) is 1.68. The van der Waals surface area contributed by atoms with Crippen LogP contribution in [0.15, 0.2) is 24.3 Å². The molecule has 1 unspecified atom stereocenters. The molecule has 13 heavy (non-hydrogen) atoms. The number of esters is 1. The van der Waals surface area contributed by atoms with E-state index >= 15 is 0 Å². The Morgan fingerprint density at radius 3 is 2.69 bits per heavy atom. The summed E-state index contributed by atoms with van der Waals surface area (Å²) in [6.45, 7) is 0. The van der Waals surface area contributed by atoms with E-state index in [2.05, 4.69) is 4.74 Å². The summed E-state index contributed by atoms with van der Waals surface area (Å²) in [4.78, 5) is 11.1. The molecule has 0 aliphatic heterocycles. The summed E-state index contributed by atoms with van der Waals surface area (Å²) in [6.07, 6.45) is -1.16. The first-order valence-corrected chi connectivity index (χ1v) is 3.77. The molecule has 70 valence electrons. The van der Waals surface area contributed by atoms with Gasteiger partial charge in [0.15, 0.2) is 0 Å². The van der Waals surface area contributed by atoms with Crippen molar-refractivity contribution in [3.63, 3.8) is 0 Å². The van der Waals surface area contributed by atoms with Gasteiger partial charge in [0, 0.05) is 5.56 Å². The lowest BCUT2D eigenvalue weighted by Gasteiger charge is -2.09. The lowest BCUT2D eigenvalue weighted by atomic mass is 10.1.